The number of Topliss-reactive ketones (excluding diaryl/α,β-unsaturated/α-hetero) is 1. The van der Waals surface area contributed by atoms with Crippen molar-refractivity contribution in [3.8, 4) is 0 Å². The van der Waals surface area contributed by atoms with Crippen molar-refractivity contribution >= 4 is 40.5 Å². The Morgan fingerprint density at radius 1 is 1.20 bits per heavy atom. The summed E-state index contributed by atoms with van der Waals surface area (Å²) in [6.07, 6.45) is 4.59. The maximum atomic E-state index is 13.2. The summed E-state index contributed by atoms with van der Waals surface area (Å²) in [5.41, 5.74) is 0.890. The zero-order valence-electron chi connectivity index (χ0n) is 20.0. The number of alkyl carbamates (subject to hydrolysis) is 1. The van der Waals surface area contributed by atoms with E-state index in [0.29, 0.717) is 61.2 Å². The Morgan fingerprint density at radius 2 is 1.94 bits per heavy atom. The SMILES string of the molecule is CC[C@H](NC(=O)OC(CC1CCCCC1)C(=O)N1CCOCC1)C(=O)c1nc2cc(Cl)ccc2o1. The second kappa shape index (κ2) is 11.9. The molecule has 1 aliphatic carbocycles. The van der Waals surface area contributed by atoms with Crippen LogP contribution in [-0.4, -0.2) is 66.1 Å². The second-order valence-corrected chi connectivity index (χ2v) is 9.61. The first kappa shape index (κ1) is 25.4. The van der Waals surface area contributed by atoms with Gasteiger partial charge in [-0.25, -0.2) is 9.78 Å². The van der Waals surface area contributed by atoms with Gasteiger partial charge in [0.25, 0.3) is 11.8 Å². The number of morpholine rings is 1. The molecule has 35 heavy (non-hydrogen) atoms. The zero-order chi connectivity index (χ0) is 24.8. The molecule has 1 unspecified atom stereocenters. The number of oxazole rings is 1. The summed E-state index contributed by atoms with van der Waals surface area (Å²) < 4.78 is 16.6. The number of fused-ring (bicyclic) bond motifs is 1. The summed E-state index contributed by atoms with van der Waals surface area (Å²) in [7, 11) is 0. The molecule has 1 aromatic heterocycles. The van der Waals surface area contributed by atoms with Gasteiger partial charge in [-0.05, 0) is 37.0 Å². The van der Waals surface area contributed by atoms with Crippen LogP contribution >= 0.6 is 11.6 Å². The van der Waals surface area contributed by atoms with Crippen LogP contribution in [0.15, 0.2) is 22.6 Å². The van der Waals surface area contributed by atoms with Gasteiger partial charge >= 0.3 is 6.09 Å². The predicted molar refractivity (Wildman–Crippen MR) is 129 cm³/mol. The summed E-state index contributed by atoms with van der Waals surface area (Å²) >= 11 is 5.99. The predicted octanol–water partition coefficient (Wildman–Crippen LogP) is 4.37. The second-order valence-electron chi connectivity index (χ2n) is 9.17. The molecular weight excluding hydrogens is 474 g/mol. The summed E-state index contributed by atoms with van der Waals surface area (Å²) in [4.78, 5) is 45.0. The van der Waals surface area contributed by atoms with Crippen LogP contribution in [0, 0.1) is 5.92 Å². The molecule has 1 N–H and O–H groups in total. The van der Waals surface area contributed by atoms with E-state index >= 15 is 0 Å². The number of aromatic nitrogens is 1. The van der Waals surface area contributed by atoms with Crippen molar-refractivity contribution in [2.45, 2.75) is 64.0 Å². The Morgan fingerprint density at radius 3 is 2.66 bits per heavy atom. The van der Waals surface area contributed by atoms with Crippen LogP contribution < -0.4 is 5.32 Å². The molecule has 2 atom stereocenters. The van der Waals surface area contributed by atoms with E-state index < -0.39 is 24.0 Å². The fraction of sp³-hybridized carbons (Fsp3) is 0.600. The van der Waals surface area contributed by atoms with Gasteiger partial charge in [0.15, 0.2) is 11.7 Å². The largest absolute Gasteiger partial charge is 0.436 e. The lowest BCUT2D eigenvalue weighted by Gasteiger charge is -2.32. The molecule has 9 nitrogen and oxygen atoms in total. The van der Waals surface area contributed by atoms with Crippen LogP contribution in [0.3, 0.4) is 0 Å². The lowest BCUT2D eigenvalue weighted by atomic mass is 9.85. The fourth-order valence-electron chi connectivity index (χ4n) is 4.73. The van der Waals surface area contributed by atoms with E-state index in [9.17, 15) is 14.4 Å². The van der Waals surface area contributed by atoms with Crippen LogP contribution in [0.5, 0.6) is 0 Å². The lowest BCUT2D eigenvalue weighted by molar-refractivity contribution is -0.145. The molecule has 2 aromatic rings. The van der Waals surface area contributed by atoms with Crippen LogP contribution in [0.1, 0.15) is 62.6 Å². The first-order valence-electron chi connectivity index (χ1n) is 12.4. The van der Waals surface area contributed by atoms with Crippen molar-refractivity contribution in [3.05, 3.63) is 29.1 Å². The maximum Gasteiger partial charge on any atom is 0.408 e. The van der Waals surface area contributed by atoms with Gasteiger partial charge in [-0.3, -0.25) is 9.59 Å². The van der Waals surface area contributed by atoms with Gasteiger partial charge in [-0.2, -0.15) is 0 Å². The first-order valence-corrected chi connectivity index (χ1v) is 12.8. The number of amides is 2. The lowest BCUT2D eigenvalue weighted by Crippen LogP contribution is -2.49. The number of carbonyl (C=O) groups excluding carboxylic acids is 3. The van der Waals surface area contributed by atoms with Crippen molar-refractivity contribution in [2.75, 3.05) is 26.3 Å². The van der Waals surface area contributed by atoms with Crippen LogP contribution in [0.4, 0.5) is 4.79 Å². The van der Waals surface area contributed by atoms with Crippen LogP contribution in [-0.2, 0) is 14.3 Å². The van der Waals surface area contributed by atoms with Crippen LogP contribution in [0.25, 0.3) is 11.1 Å². The van der Waals surface area contributed by atoms with E-state index in [1.807, 2.05) is 0 Å². The number of ketones is 1. The molecule has 1 saturated heterocycles. The minimum atomic E-state index is -0.903. The minimum absolute atomic E-state index is 0.113. The highest BCUT2D eigenvalue weighted by molar-refractivity contribution is 6.31. The zero-order valence-corrected chi connectivity index (χ0v) is 20.7. The molecule has 0 bridgehead atoms. The molecule has 0 radical (unpaired) electrons. The molecule has 190 valence electrons. The Balaban J connectivity index is 1.42. The summed E-state index contributed by atoms with van der Waals surface area (Å²) in [5.74, 6) is -0.455. The van der Waals surface area contributed by atoms with E-state index in [1.54, 1.807) is 30.0 Å². The maximum absolute atomic E-state index is 13.2. The number of halogens is 1. The van der Waals surface area contributed by atoms with E-state index in [4.69, 9.17) is 25.5 Å². The summed E-state index contributed by atoms with van der Waals surface area (Å²) in [5, 5.41) is 3.09. The van der Waals surface area contributed by atoms with Crippen LogP contribution in [0.2, 0.25) is 5.02 Å². The normalized spacial score (nSPS) is 18.7. The topological polar surface area (TPSA) is 111 Å². The highest BCUT2D eigenvalue weighted by Crippen LogP contribution is 2.29. The van der Waals surface area contributed by atoms with Crippen molar-refractivity contribution in [2.24, 2.45) is 5.92 Å². The first-order chi connectivity index (χ1) is 16.9. The summed E-state index contributed by atoms with van der Waals surface area (Å²) in [6.45, 7) is 3.65. The molecule has 1 saturated carbocycles. The van der Waals surface area contributed by atoms with Crippen molar-refractivity contribution in [1.29, 1.82) is 0 Å². The van der Waals surface area contributed by atoms with E-state index in [0.717, 1.165) is 25.7 Å². The molecule has 10 heteroatoms. The Kier molecular flexibility index (Phi) is 8.62. The van der Waals surface area contributed by atoms with E-state index in [1.165, 1.54) is 6.42 Å². The molecule has 4 rings (SSSR count). The highest BCUT2D eigenvalue weighted by atomic mass is 35.5. The standard InChI is InChI=1S/C25H32ClN3O6/c1-2-18(22(30)23-27-19-15-17(26)8-9-20(19)34-23)28-25(32)35-21(14-16-6-4-3-5-7-16)24(31)29-10-12-33-13-11-29/h8-9,15-16,18,21H,2-7,10-14H2,1H3,(H,28,32)/t18-,21?/m0/s1. The average Bonchev–Trinajstić information content (AvgIpc) is 3.30. The molecule has 1 aromatic carbocycles. The van der Waals surface area contributed by atoms with E-state index in [-0.39, 0.29) is 11.8 Å². The number of carbonyl (C=O) groups is 3. The molecular formula is C25H32ClN3O6. The Labute approximate surface area is 209 Å². The smallest absolute Gasteiger partial charge is 0.408 e. The molecule has 0 spiro atoms. The number of ether oxygens (including phenoxy) is 2. The van der Waals surface area contributed by atoms with Gasteiger partial charge in [0.1, 0.15) is 11.6 Å². The van der Waals surface area contributed by atoms with Gasteiger partial charge in [0.05, 0.1) is 13.2 Å². The van der Waals surface area contributed by atoms with Gasteiger partial charge in [0.2, 0.25) is 5.78 Å². The third-order valence-electron chi connectivity index (χ3n) is 6.70. The van der Waals surface area contributed by atoms with Gasteiger partial charge in [0, 0.05) is 18.1 Å². The van der Waals surface area contributed by atoms with Crippen molar-refractivity contribution in [3.63, 3.8) is 0 Å². The molecule has 2 aliphatic rings. The van der Waals surface area contributed by atoms with Gasteiger partial charge in [-0.15, -0.1) is 0 Å². The number of nitrogens with one attached hydrogen (secondary N) is 1. The van der Waals surface area contributed by atoms with Gasteiger partial charge < -0.3 is 24.1 Å². The quantitative estimate of drug-likeness (QED) is 0.530. The molecule has 2 amide bonds. The van der Waals surface area contributed by atoms with Crippen molar-refractivity contribution in [1.82, 2.24) is 15.2 Å². The third-order valence-corrected chi connectivity index (χ3v) is 6.93. The van der Waals surface area contributed by atoms with Crippen molar-refractivity contribution < 1.29 is 28.3 Å². The Hall–Kier alpha value is -2.65. The van der Waals surface area contributed by atoms with Gasteiger partial charge in [-0.1, -0.05) is 50.6 Å². The molecule has 2 heterocycles. The Bertz CT molecular complexity index is 1040. The minimum Gasteiger partial charge on any atom is -0.436 e. The average molecular weight is 506 g/mol. The van der Waals surface area contributed by atoms with E-state index in [2.05, 4.69) is 10.3 Å². The fourth-order valence-corrected chi connectivity index (χ4v) is 4.89. The number of rotatable bonds is 8. The number of nitrogens with zero attached hydrogens (tertiary/aromatic N) is 2. The number of hydrogen-bond acceptors (Lipinski definition) is 7. The molecule has 2 fully saturated rings. The number of benzene rings is 1. The monoisotopic (exact) mass is 505 g/mol. The number of hydrogen-bond donors (Lipinski definition) is 1. The third kappa shape index (κ3) is 6.52. The summed E-state index contributed by atoms with van der Waals surface area (Å²) in [6, 6.07) is 3.98. The highest BCUT2D eigenvalue weighted by Gasteiger charge is 2.33. The molecule has 1 aliphatic heterocycles.